The van der Waals surface area contributed by atoms with E-state index < -0.39 is 0 Å². The van der Waals surface area contributed by atoms with Gasteiger partial charge in [0.25, 0.3) is 0 Å². The molecule has 0 rings (SSSR count). The molecule has 0 spiro atoms. The van der Waals surface area contributed by atoms with Crippen molar-refractivity contribution in [3.8, 4) is 0 Å². The van der Waals surface area contributed by atoms with Gasteiger partial charge in [-0.2, -0.15) is 12.6 Å². The van der Waals surface area contributed by atoms with E-state index in [0.29, 0.717) is 6.42 Å². The smallest absolute Gasteiger partial charge is 0.319 e. The Bertz CT molecular complexity index is 166. The van der Waals surface area contributed by atoms with Crippen LogP contribution in [0.4, 0.5) is 0 Å². The standard InChI is InChI=1S/C9H14O2S/c1-3-5-6-8(12)9(10)11-7-4-2/h3-4,8,12H,1-2,5-7H2. The van der Waals surface area contributed by atoms with Crippen molar-refractivity contribution in [1.29, 1.82) is 0 Å². The fourth-order valence-electron chi connectivity index (χ4n) is 0.631. The lowest BCUT2D eigenvalue weighted by Gasteiger charge is -2.07. The first-order chi connectivity index (χ1) is 5.72. The quantitative estimate of drug-likeness (QED) is 0.390. The molecule has 0 fully saturated rings. The predicted molar refractivity (Wildman–Crippen MR) is 53.4 cm³/mol. The van der Waals surface area contributed by atoms with Crippen LogP contribution in [0.15, 0.2) is 25.3 Å². The van der Waals surface area contributed by atoms with E-state index >= 15 is 0 Å². The summed E-state index contributed by atoms with van der Waals surface area (Å²) < 4.78 is 4.78. The Hall–Kier alpha value is -0.700. The fourth-order valence-corrected chi connectivity index (χ4v) is 0.854. The van der Waals surface area contributed by atoms with E-state index in [1.54, 1.807) is 6.08 Å². The Morgan fingerprint density at radius 2 is 2.17 bits per heavy atom. The molecular weight excluding hydrogens is 172 g/mol. The first kappa shape index (κ1) is 11.3. The molecule has 0 saturated heterocycles. The summed E-state index contributed by atoms with van der Waals surface area (Å²) in [6.07, 6.45) is 4.73. The lowest BCUT2D eigenvalue weighted by molar-refractivity contribution is -0.141. The van der Waals surface area contributed by atoms with E-state index in [-0.39, 0.29) is 17.8 Å². The molecule has 0 aromatic heterocycles. The highest BCUT2D eigenvalue weighted by Crippen LogP contribution is 2.07. The van der Waals surface area contributed by atoms with Gasteiger partial charge in [-0.15, -0.1) is 6.58 Å². The molecule has 0 bridgehead atoms. The topological polar surface area (TPSA) is 26.3 Å². The molecule has 0 aromatic rings. The van der Waals surface area contributed by atoms with Crippen LogP contribution < -0.4 is 0 Å². The second-order valence-electron chi connectivity index (χ2n) is 2.30. The Kier molecular flexibility index (Phi) is 6.57. The number of allylic oxidation sites excluding steroid dienone is 1. The zero-order valence-corrected chi connectivity index (χ0v) is 7.93. The third-order valence-corrected chi connectivity index (χ3v) is 1.73. The molecule has 12 heavy (non-hydrogen) atoms. The Morgan fingerprint density at radius 3 is 2.67 bits per heavy atom. The van der Waals surface area contributed by atoms with Crippen LogP contribution in [0.25, 0.3) is 0 Å². The minimum absolute atomic E-state index is 0.254. The molecule has 3 heteroatoms. The van der Waals surface area contributed by atoms with Crippen molar-refractivity contribution < 1.29 is 9.53 Å². The molecule has 0 radical (unpaired) electrons. The minimum atomic E-state index is -0.344. The number of carbonyl (C=O) groups excluding carboxylic acids is 1. The lowest BCUT2D eigenvalue weighted by atomic mass is 10.2. The van der Waals surface area contributed by atoms with Crippen molar-refractivity contribution in [3.05, 3.63) is 25.3 Å². The van der Waals surface area contributed by atoms with Crippen LogP contribution in [-0.4, -0.2) is 17.8 Å². The molecule has 68 valence electrons. The van der Waals surface area contributed by atoms with E-state index in [1.807, 2.05) is 0 Å². The van der Waals surface area contributed by atoms with Gasteiger partial charge in [0, 0.05) is 0 Å². The van der Waals surface area contributed by atoms with Gasteiger partial charge in [0.05, 0.1) is 5.25 Å². The summed E-state index contributed by atoms with van der Waals surface area (Å²) in [5.74, 6) is -0.292. The Labute approximate surface area is 78.7 Å². The van der Waals surface area contributed by atoms with E-state index in [4.69, 9.17) is 4.74 Å². The average Bonchev–Trinajstić information content (AvgIpc) is 2.10. The molecule has 0 heterocycles. The summed E-state index contributed by atoms with van der Waals surface area (Å²) in [5, 5.41) is -0.344. The number of ether oxygens (including phenoxy) is 1. The SMILES string of the molecule is C=CCCC(S)C(=O)OCC=C. The third-order valence-electron chi connectivity index (χ3n) is 1.26. The van der Waals surface area contributed by atoms with Crippen LogP contribution in [0.5, 0.6) is 0 Å². The zero-order valence-electron chi connectivity index (χ0n) is 7.03. The lowest BCUT2D eigenvalue weighted by Crippen LogP contribution is -2.17. The highest BCUT2D eigenvalue weighted by molar-refractivity contribution is 7.81. The van der Waals surface area contributed by atoms with E-state index in [0.717, 1.165) is 6.42 Å². The predicted octanol–water partition coefficient (Wildman–Crippen LogP) is 1.98. The van der Waals surface area contributed by atoms with Gasteiger partial charge in [-0.25, -0.2) is 0 Å². The summed E-state index contributed by atoms with van der Waals surface area (Å²) in [5.41, 5.74) is 0. The van der Waals surface area contributed by atoms with Gasteiger partial charge < -0.3 is 4.74 Å². The van der Waals surface area contributed by atoms with Crippen LogP contribution in [0.2, 0.25) is 0 Å². The molecule has 0 saturated carbocycles. The number of carbonyl (C=O) groups is 1. The molecular formula is C9H14O2S. The number of rotatable bonds is 6. The minimum Gasteiger partial charge on any atom is -0.461 e. The second kappa shape index (κ2) is 6.98. The maximum absolute atomic E-state index is 11.0. The summed E-state index contributed by atoms with van der Waals surface area (Å²) >= 11 is 4.08. The molecule has 0 aromatic carbocycles. The van der Waals surface area contributed by atoms with Crippen LogP contribution in [0.1, 0.15) is 12.8 Å². The van der Waals surface area contributed by atoms with Crippen LogP contribution >= 0.6 is 12.6 Å². The molecule has 0 N–H and O–H groups in total. The summed E-state index contributed by atoms with van der Waals surface area (Å²) in [4.78, 5) is 11.0. The maximum atomic E-state index is 11.0. The highest BCUT2D eigenvalue weighted by atomic mass is 32.1. The summed E-state index contributed by atoms with van der Waals surface area (Å²) in [6, 6.07) is 0. The number of thiol groups is 1. The Morgan fingerprint density at radius 1 is 1.50 bits per heavy atom. The molecule has 1 unspecified atom stereocenters. The summed E-state index contributed by atoms with van der Waals surface area (Å²) in [6.45, 7) is 7.24. The van der Waals surface area contributed by atoms with E-state index in [1.165, 1.54) is 6.08 Å². The Balaban J connectivity index is 3.60. The van der Waals surface area contributed by atoms with Gasteiger partial charge in [-0.1, -0.05) is 18.7 Å². The molecule has 2 nitrogen and oxygen atoms in total. The van der Waals surface area contributed by atoms with Gasteiger partial charge in [0.2, 0.25) is 0 Å². The maximum Gasteiger partial charge on any atom is 0.319 e. The first-order valence-corrected chi connectivity index (χ1v) is 4.30. The number of hydrogen-bond acceptors (Lipinski definition) is 3. The molecule has 1 atom stereocenters. The van der Waals surface area contributed by atoms with Crippen molar-refractivity contribution in [2.75, 3.05) is 6.61 Å². The van der Waals surface area contributed by atoms with Crippen molar-refractivity contribution in [3.63, 3.8) is 0 Å². The third kappa shape index (κ3) is 5.02. The zero-order chi connectivity index (χ0) is 9.40. The monoisotopic (exact) mass is 186 g/mol. The van der Waals surface area contributed by atoms with Crippen molar-refractivity contribution >= 4 is 18.6 Å². The van der Waals surface area contributed by atoms with Gasteiger partial charge in [-0.3, -0.25) is 4.79 Å². The van der Waals surface area contributed by atoms with Crippen LogP contribution in [0.3, 0.4) is 0 Å². The number of esters is 1. The fraction of sp³-hybridized carbons (Fsp3) is 0.444. The van der Waals surface area contributed by atoms with Crippen molar-refractivity contribution in [2.24, 2.45) is 0 Å². The number of hydrogen-bond donors (Lipinski definition) is 1. The second-order valence-corrected chi connectivity index (χ2v) is 2.92. The highest BCUT2D eigenvalue weighted by Gasteiger charge is 2.13. The largest absolute Gasteiger partial charge is 0.461 e. The first-order valence-electron chi connectivity index (χ1n) is 3.79. The van der Waals surface area contributed by atoms with Gasteiger partial charge in [0.15, 0.2) is 0 Å². The van der Waals surface area contributed by atoms with Gasteiger partial charge in [0.1, 0.15) is 6.61 Å². The molecule has 0 aliphatic heterocycles. The summed E-state index contributed by atoms with van der Waals surface area (Å²) in [7, 11) is 0. The van der Waals surface area contributed by atoms with Gasteiger partial charge in [-0.05, 0) is 12.8 Å². The molecule has 0 aliphatic carbocycles. The normalized spacial score (nSPS) is 11.8. The van der Waals surface area contributed by atoms with Gasteiger partial charge >= 0.3 is 5.97 Å². The van der Waals surface area contributed by atoms with Crippen LogP contribution in [-0.2, 0) is 9.53 Å². The molecule has 0 aliphatic rings. The van der Waals surface area contributed by atoms with Crippen molar-refractivity contribution in [1.82, 2.24) is 0 Å². The van der Waals surface area contributed by atoms with Crippen LogP contribution in [0, 0.1) is 0 Å². The average molecular weight is 186 g/mol. The molecule has 0 amide bonds. The van der Waals surface area contributed by atoms with Crippen molar-refractivity contribution in [2.45, 2.75) is 18.1 Å². The van der Waals surface area contributed by atoms with E-state index in [2.05, 4.69) is 25.8 Å². The van der Waals surface area contributed by atoms with E-state index in [9.17, 15) is 4.79 Å².